The molecule has 0 aliphatic carbocycles. The number of likely N-dealkylation sites (N-methyl/N-ethyl adjacent to an activating group) is 1. The van der Waals surface area contributed by atoms with Crippen LogP contribution in [-0.2, 0) is 6.54 Å². The zero-order valence-corrected chi connectivity index (χ0v) is 14.4. The van der Waals surface area contributed by atoms with E-state index in [-0.39, 0.29) is 5.54 Å². The fourth-order valence-electron chi connectivity index (χ4n) is 2.05. The van der Waals surface area contributed by atoms with Gasteiger partial charge >= 0.3 is 0 Å². The smallest absolute Gasteiger partial charge is 0.0931 e. The minimum Gasteiger partial charge on any atom is -0.311 e. The van der Waals surface area contributed by atoms with Crippen molar-refractivity contribution in [2.75, 3.05) is 13.6 Å². The van der Waals surface area contributed by atoms with Crippen LogP contribution in [0.5, 0.6) is 0 Å². The summed E-state index contributed by atoms with van der Waals surface area (Å²) >= 11 is 7.67. The van der Waals surface area contributed by atoms with Crippen LogP contribution >= 0.6 is 22.9 Å². The topological polar surface area (TPSA) is 15.3 Å². The van der Waals surface area contributed by atoms with Gasteiger partial charge in [-0.25, -0.2) is 0 Å². The third kappa shape index (κ3) is 6.75. The molecule has 0 radical (unpaired) electrons. The van der Waals surface area contributed by atoms with Crippen LogP contribution in [0.2, 0.25) is 4.34 Å². The highest BCUT2D eigenvalue weighted by Crippen LogP contribution is 2.23. The van der Waals surface area contributed by atoms with Gasteiger partial charge in [-0.05, 0) is 46.4 Å². The molecule has 1 unspecified atom stereocenters. The third-order valence-electron chi connectivity index (χ3n) is 3.15. The van der Waals surface area contributed by atoms with Gasteiger partial charge < -0.3 is 5.32 Å². The van der Waals surface area contributed by atoms with Gasteiger partial charge in [0.05, 0.1) is 4.34 Å². The lowest BCUT2D eigenvalue weighted by atomic mass is 10.1. The fourth-order valence-corrected chi connectivity index (χ4v) is 3.20. The lowest BCUT2D eigenvalue weighted by Crippen LogP contribution is -2.46. The van der Waals surface area contributed by atoms with Gasteiger partial charge in [-0.2, -0.15) is 0 Å². The van der Waals surface area contributed by atoms with Gasteiger partial charge in [0.25, 0.3) is 0 Å². The molecule has 0 bridgehead atoms. The van der Waals surface area contributed by atoms with Crippen molar-refractivity contribution in [3.63, 3.8) is 0 Å². The largest absolute Gasteiger partial charge is 0.311 e. The highest BCUT2D eigenvalue weighted by atomic mass is 35.5. The van der Waals surface area contributed by atoms with Crippen molar-refractivity contribution in [2.24, 2.45) is 0 Å². The molecule has 110 valence electrons. The minimum absolute atomic E-state index is 0.180. The van der Waals surface area contributed by atoms with E-state index in [1.54, 1.807) is 11.3 Å². The van der Waals surface area contributed by atoms with Crippen LogP contribution in [-0.4, -0.2) is 30.1 Å². The predicted octanol–water partition coefficient (Wildman–Crippen LogP) is 4.39. The molecule has 4 heteroatoms. The van der Waals surface area contributed by atoms with E-state index in [9.17, 15) is 0 Å². The first kappa shape index (κ1) is 17.0. The average molecular weight is 303 g/mol. The number of hydrogen-bond donors (Lipinski definition) is 1. The second-order valence-electron chi connectivity index (χ2n) is 6.19. The molecule has 0 aromatic carbocycles. The van der Waals surface area contributed by atoms with E-state index in [0.29, 0.717) is 6.04 Å². The fraction of sp³-hybridized carbons (Fsp3) is 0.733. The summed E-state index contributed by atoms with van der Waals surface area (Å²) in [6.45, 7) is 10.9. The first-order valence-electron chi connectivity index (χ1n) is 7.01. The first-order valence-corrected chi connectivity index (χ1v) is 8.20. The Hall–Kier alpha value is -0.0900. The predicted molar refractivity (Wildman–Crippen MR) is 87.2 cm³/mol. The summed E-state index contributed by atoms with van der Waals surface area (Å²) in [6.07, 6.45) is 2.44. The maximum atomic E-state index is 5.99. The molecule has 0 fully saturated rings. The Morgan fingerprint density at radius 2 is 2.05 bits per heavy atom. The highest BCUT2D eigenvalue weighted by molar-refractivity contribution is 7.16. The van der Waals surface area contributed by atoms with Crippen LogP contribution in [0.25, 0.3) is 0 Å². The molecule has 1 aromatic rings. The Bertz CT molecular complexity index is 370. The minimum atomic E-state index is 0.180. The van der Waals surface area contributed by atoms with E-state index in [2.05, 4.69) is 51.0 Å². The molecule has 0 aliphatic heterocycles. The molecule has 0 saturated carbocycles. The first-order chi connectivity index (χ1) is 8.81. The van der Waals surface area contributed by atoms with Gasteiger partial charge in [0.2, 0.25) is 0 Å². The molecular weight excluding hydrogens is 276 g/mol. The number of nitrogens with one attached hydrogen (secondary N) is 1. The third-order valence-corrected chi connectivity index (χ3v) is 4.36. The van der Waals surface area contributed by atoms with E-state index in [4.69, 9.17) is 11.6 Å². The normalized spacial score (nSPS) is 14.1. The molecule has 1 aromatic heterocycles. The summed E-state index contributed by atoms with van der Waals surface area (Å²) < 4.78 is 0.878. The van der Waals surface area contributed by atoms with E-state index in [1.165, 1.54) is 17.7 Å². The number of nitrogens with zero attached hydrogens (tertiary/aromatic N) is 1. The lowest BCUT2D eigenvalue weighted by Gasteiger charge is -2.31. The van der Waals surface area contributed by atoms with E-state index >= 15 is 0 Å². The lowest BCUT2D eigenvalue weighted by molar-refractivity contribution is 0.204. The molecule has 1 N–H and O–H groups in total. The number of halogens is 1. The number of hydrogen-bond acceptors (Lipinski definition) is 3. The van der Waals surface area contributed by atoms with Crippen molar-refractivity contribution >= 4 is 22.9 Å². The van der Waals surface area contributed by atoms with Crippen molar-refractivity contribution in [3.05, 3.63) is 21.3 Å². The maximum absolute atomic E-state index is 5.99. The zero-order valence-electron chi connectivity index (χ0n) is 12.8. The summed E-state index contributed by atoms with van der Waals surface area (Å²) in [5, 5.41) is 3.61. The van der Waals surface area contributed by atoms with Crippen LogP contribution in [0.1, 0.15) is 45.4 Å². The van der Waals surface area contributed by atoms with Crippen molar-refractivity contribution in [2.45, 2.75) is 58.7 Å². The standard InChI is InChI=1S/C15H27ClN2S/c1-6-7-12(10-17-15(2,3)4)18(5)11-13-8-9-14(16)19-13/h8-9,12,17H,6-7,10-11H2,1-5H3. The average Bonchev–Trinajstić information content (AvgIpc) is 2.68. The van der Waals surface area contributed by atoms with Crippen molar-refractivity contribution in [1.82, 2.24) is 10.2 Å². The quantitative estimate of drug-likeness (QED) is 0.803. The summed E-state index contributed by atoms with van der Waals surface area (Å²) in [4.78, 5) is 3.77. The maximum Gasteiger partial charge on any atom is 0.0931 e. The highest BCUT2D eigenvalue weighted by Gasteiger charge is 2.18. The van der Waals surface area contributed by atoms with Crippen LogP contribution < -0.4 is 5.32 Å². The number of rotatable bonds is 7. The van der Waals surface area contributed by atoms with Gasteiger partial charge in [0.15, 0.2) is 0 Å². The Labute approximate surface area is 127 Å². The SMILES string of the molecule is CCCC(CNC(C)(C)C)N(C)Cc1ccc(Cl)s1. The summed E-state index contributed by atoms with van der Waals surface area (Å²) in [6, 6.07) is 4.69. The van der Waals surface area contributed by atoms with Gasteiger partial charge in [0, 0.05) is 29.5 Å². The van der Waals surface area contributed by atoms with Crippen molar-refractivity contribution in [3.8, 4) is 0 Å². The molecule has 19 heavy (non-hydrogen) atoms. The summed E-state index contributed by atoms with van der Waals surface area (Å²) in [7, 11) is 2.21. The Kier molecular flexibility index (Phi) is 6.81. The molecule has 1 rings (SSSR count). The number of thiophene rings is 1. The molecule has 0 spiro atoms. The van der Waals surface area contributed by atoms with Crippen LogP contribution in [0.4, 0.5) is 0 Å². The van der Waals surface area contributed by atoms with Crippen LogP contribution in [0.3, 0.4) is 0 Å². The molecule has 2 nitrogen and oxygen atoms in total. The molecule has 1 atom stereocenters. The summed E-state index contributed by atoms with van der Waals surface area (Å²) in [5.41, 5.74) is 0.180. The second-order valence-corrected chi connectivity index (χ2v) is 7.99. The Balaban J connectivity index is 2.54. The molecule has 1 heterocycles. The van der Waals surface area contributed by atoms with Crippen molar-refractivity contribution in [1.29, 1.82) is 0 Å². The summed E-state index contributed by atoms with van der Waals surface area (Å²) in [5.74, 6) is 0. The molecule has 0 aliphatic rings. The molecule has 0 amide bonds. The molecular formula is C15H27ClN2S. The molecule has 0 saturated heterocycles. The Morgan fingerprint density at radius 1 is 1.37 bits per heavy atom. The van der Waals surface area contributed by atoms with Gasteiger partial charge in [-0.1, -0.05) is 24.9 Å². The van der Waals surface area contributed by atoms with Gasteiger partial charge in [-0.15, -0.1) is 11.3 Å². The van der Waals surface area contributed by atoms with Crippen LogP contribution in [0, 0.1) is 0 Å². The van der Waals surface area contributed by atoms with Gasteiger partial charge in [-0.3, -0.25) is 4.90 Å². The van der Waals surface area contributed by atoms with E-state index < -0.39 is 0 Å². The monoisotopic (exact) mass is 302 g/mol. The van der Waals surface area contributed by atoms with E-state index in [1.807, 2.05) is 6.07 Å². The van der Waals surface area contributed by atoms with Gasteiger partial charge in [0.1, 0.15) is 0 Å². The van der Waals surface area contributed by atoms with Crippen molar-refractivity contribution < 1.29 is 0 Å². The Morgan fingerprint density at radius 3 is 2.53 bits per heavy atom. The zero-order chi connectivity index (χ0) is 14.5. The second kappa shape index (κ2) is 7.63. The van der Waals surface area contributed by atoms with E-state index in [0.717, 1.165) is 17.4 Å². The van der Waals surface area contributed by atoms with Crippen LogP contribution in [0.15, 0.2) is 12.1 Å².